The van der Waals surface area contributed by atoms with E-state index in [0.29, 0.717) is 34.1 Å². The largest absolute Gasteiger partial charge is 0.507 e. The van der Waals surface area contributed by atoms with Crippen LogP contribution in [0.15, 0.2) is 29.8 Å². The third-order valence-corrected chi connectivity index (χ3v) is 8.02. The molecule has 10 heteroatoms. The highest BCUT2D eigenvalue weighted by Gasteiger charge is 2.53. The Morgan fingerprint density at radius 3 is 2.79 bits per heavy atom. The minimum atomic E-state index is -1.05. The maximum Gasteiger partial charge on any atom is 0.185 e. The van der Waals surface area contributed by atoms with Gasteiger partial charge in [-0.3, -0.25) is 0 Å². The van der Waals surface area contributed by atoms with Crippen molar-refractivity contribution in [1.82, 2.24) is 25.5 Å². The number of hydrogen-bond acceptors (Lipinski definition) is 9. The SMILES string of the molecule is CN(c1cnc(-c2ccc(-c3nc(C#N)cs3)cc2O)nn1)[C@H]1C[C@]2(C)CCC[C@@](C)(N2)[C@H]1F. The Labute approximate surface area is 201 Å². The summed E-state index contributed by atoms with van der Waals surface area (Å²) < 4.78 is 15.6. The first-order chi connectivity index (χ1) is 16.2. The summed E-state index contributed by atoms with van der Waals surface area (Å²) in [7, 11) is 1.84. The molecule has 2 aromatic heterocycles. The molecule has 4 atom stereocenters. The van der Waals surface area contributed by atoms with Gasteiger partial charge in [0.1, 0.15) is 23.0 Å². The summed E-state index contributed by atoms with van der Waals surface area (Å²) in [6, 6.07) is 6.74. The summed E-state index contributed by atoms with van der Waals surface area (Å²) >= 11 is 1.33. The Bertz CT molecular complexity index is 1260. The van der Waals surface area contributed by atoms with Crippen molar-refractivity contribution in [1.29, 1.82) is 5.26 Å². The number of aromatic nitrogens is 4. The minimum absolute atomic E-state index is 0.00929. The van der Waals surface area contributed by atoms with Gasteiger partial charge in [0.15, 0.2) is 17.3 Å². The number of thiazole rings is 1. The third-order valence-electron chi connectivity index (χ3n) is 7.13. The molecule has 176 valence electrons. The first-order valence-electron chi connectivity index (χ1n) is 11.3. The van der Waals surface area contributed by atoms with E-state index in [9.17, 15) is 5.11 Å². The number of benzene rings is 1. The molecule has 0 amide bonds. The van der Waals surface area contributed by atoms with E-state index in [1.165, 1.54) is 11.3 Å². The zero-order valence-corrected chi connectivity index (χ0v) is 20.1. The molecular weight excluding hydrogens is 453 g/mol. The first-order valence-corrected chi connectivity index (χ1v) is 12.1. The first kappa shape index (κ1) is 22.6. The number of nitriles is 1. The molecule has 2 N–H and O–H groups in total. The number of rotatable bonds is 4. The summed E-state index contributed by atoms with van der Waals surface area (Å²) in [5.41, 5.74) is 0.816. The number of nitrogens with one attached hydrogen (secondary N) is 1. The second kappa shape index (κ2) is 8.25. The molecule has 4 heterocycles. The maximum absolute atomic E-state index is 15.6. The van der Waals surface area contributed by atoms with Crippen molar-refractivity contribution in [2.75, 3.05) is 11.9 Å². The van der Waals surface area contributed by atoms with Crippen LogP contribution in [0, 0.1) is 11.3 Å². The predicted octanol–water partition coefficient (Wildman–Crippen LogP) is 4.08. The number of alkyl halides is 1. The van der Waals surface area contributed by atoms with Crippen molar-refractivity contribution in [3.05, 3.63) is 35.5 Å². The van der Waals surface area contributed by atoms with Crippen LogP contribution in [0.1, 0.15) is 45.2 Å². The zero-order valence-electron chi connectivity index (χ0n) is 19.3. The fraction of sp³-hybridized carbons (Fsp3) is 0.458. The Kier molecular flexibility index (Phi) is 5.49. The summed E-state index contributed by atoms with van der Waals surface area (Å²) in [5.74, 6) is 0.757. The lowest BCUT2D eigenvalue weighted by atomic mass is 9.68. The number of phenolic OH excluding ortho intramolecular Hbond substituents is 1. The van der Waals surface area contributed by atoms with Gasteiger partial charge in [-0.05, 0) is 51.7 Å². The van der Waals surface area contributed by atoms with Crippen molar-refractivity contribution >= 4 is 17.2 Å². The van der Waals surface area contributed by atoms with Crippen LogP contribution in [0.25, 0.3) is 22.0 Å². The molecule has 5 rings (SSSR count). The second-order valence-electron chi connectivity index (χ2n) is 9.76. The van der Waals surface area contributed by atoms with Crippen molar-refractivity contribution in [3.63, 3.8) is 0 Å². The Hall–Kier alpha value is -3.16. The van der Waals surface area contributed by atoms with Gasteiger partial charge in [0.05, 0.1) is 17.8 Å². The lowest BCUT2D eigenvalue weighted by Crippen LogP contribution is -2.72. The number of aromatic hydroxyl groups is 1. The van der Waals surface area contributed by atoms with E-state index < -0.39 is 11.7 Å². The molecule has 0 spiro atoms. The molecule has 1 aromatic carbocycles. The summed E-state index contributed by atoms with van der Waals surface area (Å²) in [4.78, 5) is 10.5. The van der Waals surface area contributed by atoms with Gasteiger partial charge in [-0.25, -0.2) is 14.4 Å². The van der Waals surface area contributed by atoms with Crippen LogP contribution >= 0.6 is 11.3 Å². The molecule has 3 aromatic rings. The number of anilines is 1. The molecule has 34 heavy (non-hydrogen) atoms. The van der Waals surface area contributed by atoms with Crippen LogP contribution in [-0.4, -0.2) is 55.6 Å². The molecule has 2 saturated heterocycles. The normalized spacial score (nSPS) is 28.3. The van der Waals surface area contributed by atoms with Crippen molar-refractivity contribution in [2.24, 2.45) is 0 Å². The van der Waals surface area contributed by atoms with E-state index in [1.54, 1.807) is 29.8 Å². The highest BCUT2D eigenvalue weighted by atomic mass is 32.1. The molecule has 2 aliphatic rings. The number of hydrogen-bond donors (Lipinski definition) is 2. The van der Waals surface area contributed by atoms with Gasteiger partial charge in [-0.2, -0.15) is 5.26 Å². The van der Waals surface area contributed by atoms with Crippen LogP contribution < -0.4 is 10.2 Å². The number of nitrogens with zero attached hydrogens (tertiary/aromatic N) is 6. The monoisotopic (exact) mass is 479 g/mol. The molecule has 2 bridgehead atoms. The highest BCUT2D eigenvalue weighted by molar-refractivity contribution is 7.13. The highest BCUT2D eigenvalue weighted by Crippen LogP contribution is 2.43. The number of piperidine rings is 2. The van der Waals surface area contributed by atoms with Crippen LogP contribution in [0.3, 0.4) is 0 Å². The van der Waals surface area contributed by atoms with Gasteiger partial charge < -0.3 is 15.3 Å². The van der Waals surface area contributed by atoms with E-state index in [4.69, 9.17) is 5.26 Å². The van der Waals surface area contributed by atoms with Crippen molar-refractivity contribution in [2.45, 2.75) is 62.8 Å². The van der Waals surface area contributed by atoms with E-state index in [2.05, 4.69) is 32.4 Å². The van der Waals surface area contributed by atoms with E-state index in [1.807, 2.05) is 24.9 Å². The fourth-order valence-electron chi connectivity index (χ4n) is 5.38. The van der Waals surface area contributed by atoms with Gasteiger partial charge in [-0.15, -0.1) is 21.5 Å². The van der Waals surface area contributed by atoms with Crippen LogP contribution in [-0.2, 0) is 0 Å². The quantitative estimate of drug-likeness (QED) is 0.576. The number of fused-ring (bicyclic) bond motifs is 2. The van der Waals surface area contributed by atoms with Crippen molar-refractivity contribution in [3.8, 4) is 33.8 Å². The van der Waals surface area contributed by atoms with E-state index in [0.717, 1.165) is 19.3 Å². The lowest BCUT2D eigenvalue weighted by Gasteiger charge is -2.56. The summed E-state index contributed by atoms with van der Waals surface area (Å²) in [5, 5.41) is 33.9. The molecule has 0 saturated carbocycles. The zero-order chi connectivity index (χ0) is 24.1. The molecule has 2 fully saturated rings. The average Bonchev–Trinajstić information content (AvgIpc) is 3.30. The minimum Gasteiger partial charge on any atom is -0.507 e. The van der Waals surface area contributed by atoms with E-state index >= 15 is 4.39 Å². The second-order valence-corrected chi connectivity index (χ2v) is 10.6. The number of halogens is 1. The molecule has 0 radical (unpaired) electrons. The topological polar surface area (TPSA) is 111 Å². The number of phenols is 1. The van der Waals surface area contributed by atoms with Crippen LogP contribution in [0.2, 0.25) is 0 Å². The third kappa shape index (κ3) is 3.89. The predicted molar refractivity (Wildman–Crippen MR) is 128 cm³/mol. The molecule has 2 aliphatic heterocycles. The molecule has 8 nitrogen and oxygen atoms in total. The van der Waals surface area contributed by atoms with Crippen molar-refractivity contribution < 1.29 is 9.50 Å². The van der Waals surface area contributed by atoms with E-state index in [-0.39, 0.29) is 23.2 Å². The van der Waals surface area contributed by atoms with Gasteiger partial charge in [0.25, 0.3) is 0 Å². The van der Waals surface area contributed by atoms with Gasteiger partial charge in [0, 0.05) is 29.1 Å². The average molecular weight is 480 g/mol. The summed E-state index contributed by atoms with van der Waals surface area (Å²) in [6.45, 7) is 4.14. The Balaban J connectivity index is 1.37. The van der Waals surface area contributed by atoms with Gasteiger partial charge >= 0.3 is 0 Å². The Morgan fingerprint density at radius 2 is 2.12 bits per heavy atom. The standard InChI is InChI=1S/C24H26FN7OS/c1-23-7-4-8-24(2,31-23)20(25)17(10-23)32(3)19-12-27-21(30-29-19)16-6-5-14(9-18(16)33)22-28-15(11-26)13-34-22/h5-6,9,12-13,17,20,31,33H,4,7-8,10H2,1-3H3/t17-,20-,23-,24+/m0/s1. The molecule has 0 unspecified atom stereocenters. The maximum atomic E-state index is 15.6. The smallest absolute Gasteiger partial charge is 0.185 e. The van der Waals surface area contributed by atoms with Crippen LogP contribution in [0.5, 0.6) is 5.75 Å². The summed E-state index contributed by atoms with van der Waals surface area (Å²) in [6.07, 6.45) is 4.07. The Morgan fingerprint density at radius 1 is 1.29 bits per heavy atom. The van der Waals surface area contributed by atoms with Crippen LogP contribution in [0.4, 0.5) is 10.2 Å². The van der Waals surface area contributed by atoms with Gasteiger partial charge in [-0.1, -0.05) is 6.07 Å². The fourth-order valence-corrected chi connectivity index (χ4v) is 6.12. The molecule has 0 aliphatic carbocycles. The molecular formula is C24H26FN7OS. The lowest BCUT2D eigenvalue weighted by molar-refractivity contribution is 0.00193. The van der Waals surface area contributed by atoms with Gasteiger partial charge in [0.2, 0.25) is 0 Å².